The van der Waals surface area contributed by atoms with Gasteiger partial charge in [0.2, 0.25) is 0 Å². The summed E-state index contributed by atoms with van der Waals surface area (Å²) in [4.78, 5) is 11.7. The van der Waals surface area contributed by atoms with Crippen molar-refractivity contribution in [3.05, 3.63) is 57.2 Å². The Morgan fingerprint density at radius 2 is 1.85 bits per heavy atom. The van der Waals surface area contributed by atoms with Gasteiger partial charge in [0.05, 0.1) is 9.78 Å². The third kappa shape index (κ3) is 3.70. The van der Waals surface area contributed by atoms with Crippen LogP contribution >= 0.6 is 22.6 Å². The van der Waals surface area contributed by atoms with Crippen molar-refractivity contribution in [3.63, 3.8) is 0 Å². The van der Waals surface area contributed by atoms with E-state index in [1.54, 1.807) is 18.2 Å². The molecule has 0 aliphatic rings. The number of phenols is 2. The Kier molecular flexibility index (Phi) is 4.57. The van der Waals surface area contributed by atoms with Crippen molar-refractivity contribution in [2.45, 2.75) is 0 Å². The van der Waals surface area contributed by atoms with Crippen LogP contribution in [0.5, 0.6) is 11.5 Å². The monoisotopic (exact) mass is 382 g/mol. The number of hydrazone groups is 1. The molecule has 0 heterocycles. The average molecular weight is 382 g/mol. The van der Waals surface area contributed by atoms with Crippen LogP contribution < -0.4 is 5.43 Å². The molecule has 102 valence electrons. The summed E-state index contributed by atoms with van der Waals surface area (Å²) in [5.74, 6) is -0.0608. The number of carbonyl (C=O) groups excluding carboxylic acids is 1. The van der Waals surface area contributed by atoms with Crippen molar-refractivity contribution in [3.8, 4) is 11.5 Å². The first-order valence-corrected chi connectivity index (χ1v) is 6.75. The highest BCUT2D eigenvalue weighted by Crippen LogP contribution is 2.19. The fourth-order valence-corrected chi connectivity index (χ4v) is 1.99. The zero-order chi connectivity index (χ0) is 14.5. The van der Waals surface area contributed by atoms with E-state index in [1.807, 2.05) is 22.6 Å². The third-order valence-corrected chi connectivity index (χ3v) is 3.34. The Labute approximate surface area is 129 Å². The van der Waals surface area contributed by atoms with E-state index in [4.69, 9.17) is 5.11 Å². The molecule has 0 radical (unpaired) electrons. The number of nitrogens with one attached hydrogen (secondary N) is 1. The molecular weight excluding hydrogens is 371 g/mol. The van der Waals surface area contributed by atoms with E-state index in [2.05, 4.69) is 10.5 Å². The smallest absolute Gasteiger partial charge is 0.271 e. The number of aromatic hydroxyl groups is 2. The molecule has 2 aromatic carbocycles. The normalized spacial score (nSPS) is 10.7. The van der Waals surface area contributed by atoms with Gasteiger partial charge in [-0.1, -0.05) is 0 Å². The Morgan fingerprint density at radius 1 is 1.15 bits per heavy atom. The Balaban J connectivity index is 2.00. The lowest BCUT2D eigenvalue weighted by Gasteiger charge is -2.00. The Morgan fingerprint density at radius 3 is 2.50 bits per heavy atom. The van der Waals surface area contributed by atoms with Crippen LogP contribution in [0.2, 0.25) is 0 Å². The first-order valence-electron chi connectivity index (χ1n) is 5.67. The van der Waals surface area contributed by atoms with Crippen molar-refractivity contribution in [1.29, 1.82) is 0 Å². The second-order valence-corrected chi connectivity index (χ2v) is 5.12. The van der Waals surface area contributed by atoms with E-state index in [9.17, 15) is 9.90 Å². The van der Waals surface area contributed by atoms with Gasteiger partial charge in [-0.2, -0.15) is 5.10 Å². The molecular formula is C14H11IN2O3. The van der Waals surface area contributed by atoms with Gasteiger partial charge in [-0.05, 0) is 70.6 Å². The standard InChI is InChI=1S/C14H11IN2O3/c15-12-7-9(1-6-13(12)19)8-16-17-14(20)10-2-4-11(18)5-3-10/h1-8,18-19H,(H,17,20)/b16-8-. The van der Waals surface area contributed by atoms with Gasteiger partial charge in [-0.3, -0.25) is 4.79 Å². The molecule has 0 atom stereocenters. The van der Waals surface area contributed by atoms with Crippen LogP contribution in [-0.2, 0) is 0 Å². The molecule has 5 nitrogen and oxygen atoms in total. The quantitative estimate of drug-likeness (QED) is 0.434. The van der Waals surface area contributed by atoms with Gasteiger partial charge in [0.15, 0.2) is 0 Å². The summed E-state index contributed by atoms with van der Waals surface area (Å²) in [5, 5.41) is 22.4. The second kappa shape index (κ2) is 6.38. The molecule has 1 amide bonds. The Bertz CT molecular complexity index is 654. The van der Waals surface area contributed by atoms with Crippen LogP contribution in [0.3, 0.4) is 0 Å². The van der Waals surface area contributed by atoms with Crippen molar-refractivity contribution in [1.82, 2.24) is 5.43 Å². The number of benzene rings is 2. The summed E-state index contributed by atoms with van der Waals surface area (Å²) < 4.78 is 0.705. The molecule has 0 unspecified atom stereocenters. The molecule has 6 heteroatoms. The highest BCUT2D eigenvalue weighted by molar-refractivity contribution is 14.1. The molecule has 20 heavy (non-hydrogen) atoms. The molecule has 0 spiro atoms. The first kappa shape index (κ1) is 14.3. The van der Waals surface area contributed by atoms with Gasteiger partial charge in [-0.25, -0.2) is 5.43 Å². The minimum Gasteiger partial charge on any atom is -0.508 e. The van der Waals surface area contributed by atoms with Crippen LogP contribution in [0.1, 0.15) is 15.9 Å². The largest absolute Gasteiger partial charge is 0.508 e. The first-order chi connectivity index (χ1) is 9.56. The number of amides is 1. The van der Waals surface area contributed by atoms with E-state index >= 15 is 0 Å². The highest BCUT2D eigenvalue weighted by atomic mass is 127. The maximum absolute atomic E-state index is 11.7. The van der Waals surface area contributed by atoms with Crippen molar-refractivity contribution in [2.24, 2.45) is 5.10 Å². The van der Waals surface area contributed by atoms with Gasteiger partial charge in [0, 0.05) is 5.56 Å². The summed E-state index contributed by atoms with van der Waals surface area (Å²) >= 11 is 2.00. The SMILES string of the molecule is O=C(N/N=C\c1ccc(O)c(I)c1)c1ccc(O)cc1. The van der Waals surface area contributed by atoms with Crippen LogP contribution in [0.25, 0.3) is 0 Å². The molecule has 0 saturated carbocycles. The van der Waals surface area contributed by atoms with Crippen LogP contribution in [0, 0.1) is 3.57 Å². The molecule has 2 rings (SSSR count). The average Bonchev–Trinajstić information content (AvgIpc) is 2.43. The molecule has 0 bridgehead atoms. The molecule has 3 N–H and O–H groups in total. The molecule has 0 aliphatic carbocycles. The number of nitrogens with zero attached hydrogens (tertiary/aromatic N) is 1. The molecule has 2 aromatic rings. The minimum absolute atomic E-state index is 0.101. The summed E-state index contributed by atoms with van der Waals surface area (Å²) in [7, 11) is 0. The minimum atomic E-state index is -0.366. The van der Waals surface area contributed by atoms with Crippen LogP contribution in [0.4, 0.5) is 0 Å². The number of hydrogen-bond donors (Lipinski definition) is 3. The number of carbonyl (C=O) groups is 1. The fraction of sp³-hybridized carbons (Fsp3) is 0. The Hall–Kier alpha value is -2.09. The molecule has 0 fully saturated rings. The van der Waals surface area contributed by atoms with Gasteiger partial charge < -0.3 is 10.2 Å². The summed E-state index contributed by atoms with van der Waals surface area (Å²) in [5.41, 5.74) is 3.55. The predicted molar refractivity (Wildman–Crippen MR) is 84.0 cm³/mol. The summed E-state index contributed by atoms with van der Waals surface area (Å²) in [6.07, 6.45) is 1.49. The third-order valence-electron chi connectivity index (χ3n) is 2.48. The number of halogens is 1. The van der Waals surface area contributed by atoms with Gasteiger partial charge in [-0.15, -0.1) is 0 Å². The summed E-state index contributed by atoms with van der Waals surface area (Å²) in [6.45, 7) is 0. The lowest BCUT2D eigenvalue weighted by Crippen LogP contribution is -2.17. The maximum atomic E-state index is 11.7. The van der Waals surface area contributed by atoms with Gasteiger partial charge >= 0.3 is 0 Å². The molecule has 0 saturated heterocycles. The van der Waals surface area contributed by atoms with E-state index in [0.29, 0.717) is 9.13 Å². The number of phenolic OH excluding ortho intramolecular Hbond substituents is 2. The number of hydrogen-bond acceptors (Lipinski definition) is 4. The fourth-order valence-electron chi connectivity index (χ4n) is 1.45. The molecule has 0 aliphatic heterocycles. The number of rotatable bonds is 3. The van der Waals surface area contributed by atoms with Gasteiger partial charge in [0.25, 0.3) is 5.91 Å². The van der Waals surface area contributed by atoms with Crippen molar-refractivity contribution >= 4 is 34.7 Å². The zero-order valence-electron chi connectivity index (χ0n) is 10.2. The lowest BCUT2D eigenvalue weighted by atomic mass is 10.2. The van der Waals surface area contributed by atoms with E-state index in [-0.39, 0.29) is 17.4 Å². The van der Waals surface area contributed by atoms with Crippen LogP contribution in [0.15, 0.2) is 47.6 Å². The van der Waals surface area contributed by atoms with Crippen molar-refractivity contribution < 1.29 is 15.0 Å². The second-order valence-electron chi connectivity index (χ2n) is 3.96. The van der Waals surface area contributed by atoms with Gasteiger partial charge in [0.1, 0.15) is 11.5 Å². The van der Waals surface area contributed by atoms with Crippen molar-refractivity contribution in [2.75, 3.05) is 0 Å². The van der Waals surface area contributed by atoms with E-state index in [0.717, 1.165) is 5.56 Å². The predicted octanol–water partition coefficient (Wildman–Crippen LogP) is 2.47. The maximum Gasteiger partial charge on any atom is 0.271 e. The zero-order valence-corrected chi connectivity index (χ0v) is 12.4. The van der Waals surface area contributed by atoms with E-state index < -0.39 is 0 Å². The highest BCUT2D eigenvalue weighted by Gasteiger charge is 2.03. The topological polar surface area (TPSA) is 81.9 Å². The molecule has 0 aromatic heterocycles. The lowest BCUT2D eigenvalue weighted by molar-refractivity contribution is 0.0955. The van der Waals surface area contributed by atoms with Crippen LogP contribution in [-0.4, -0.2) is 22.3 Å². The summed E-state index contributed by atoms with van der Waals surface area (Å²) in [6, 6.07) is 10.9. The van der Waals surface area contributed by atoms with E-state index in [1.165, 1.54) is 30.5 Å².